The van der Waals surface area contributed by atoms with Crippen LogP contribution in [-0.2, 0) is 11.2 Å². The van der Waals surface area contributed by atoms with Gasteiger partial charge in [0.05, 0.1) is 18.2 Å². The Balaban J connectivity index is 1.60. The Morgan fingerprint density at radius 2 is 1.97 bits per heavy atom. The lowest BCUT2D eigenvalue weighted by Gasteiger charge is -2.12. The first-order chi connectivity index (χ1) is 14.4. The number of halogens is 1. The number of ketones is 1. The van der Waals surface area contributed by atoms with Crippen molar-refractivity contribution in [2.75, 3.05) is 7.11 Å². The summed E-state index contributed by atoms with van der Waals surface area (Å²) < 4.78 is 11.2. The Hall–Kier alpha value is -3.12. The normalized spacial score (nSPS) is 13.3. The van der Waals surface area contributed by atoms with E-state index in [0.29, 0.717) is 51.9 Å². The van der Waals surface area contributed by atoms with Crippen molar-refractivity contribution in [1.82, 2.24) is 4.98 Å². The number of benzene rings is 2. The molecule has 3 aromatic rings. The molecule has 1 amide bonds. The summed E-state index contributed by atoms with van der Waals surface area (Å²) in [6.07, 6.45) is 4.86. The lowest BCUT2D eigenvalue weighted by molar-refractivity contribution is -0.118. The molecular formula is C23H21ClN2O4. The van der Waals surface area contributed by atoms with Gasteiger partial charge in [-0.25, -0.2) is 0 Å². The molecule has 0 radical (unpaired) electrons. The molecule has 0 saturated heterocycles. The van der Waals surface area contributed by atoms with E-state index in [1.165, 1.54) is 7.11 Å². The minimum absolute atomic E-state index is 0.209. The molecule has 2 aromatic carbocycles. The van der Waals surface area contributed by atoms with Gasteiger partial charge in [0.1, 0.15) is 23.0 Å². The third kappa shape index (κ3) is 4.39. The van der Waals surface area contributed by atoms with Crippen LogP contribution in [0.25, 0.3) is 10.9 Å². The van der Waals surface area contributed by atoms with Crippen molar-refractivity contribution in [3.05, 3.63) is 58.7 Å². The summed E-state index contributed by atoms with van der Waals surface area (Å²) in [7, 11) is 1.47. The number of carbonyl (C=O) groups is 2. The van der Waals surface area contributed by atoms with Crippen molar-refractivity contribution in [3.8, 4) is 17.2 Å². The number of fused-ring (bicyclic) bond motifs is 1. The Morgan fingerprint density at radius 3 is 2.63 bits per heavy atom. The molecule has 1 heterocycles. The molecule has 0 unspecified atom stereocenters. The van der Waals surface area contributed by atoms with Crippen molar-refractivity contribution < 1.29 is 19.1 Å². The number of primary amides is 1. The van der Waals surface area contributed by atoms with Gasteiger partial charge in [-0.1, -0.05) is 17.7 Å². The molecule has 0 spiro atoms. The lowest BCUT2D eigenvalue weighted by Crippen LogP contribution is -2.12. The van der Waals surface area contributed by atoms with E-state index in [0.717, 1.165) is 18.4 Å². The molecule has 0 aliphatic heterocycles. The molecule has 1 aliphatic carbocycles. The molecule has 1 saturated carbocycles. The van der Waals surface area contributed by atoms with Crippen LogP contribution >= 0.6 is 11.6 Å². The predicted octanol–water partition coefficient (Wildman–Crippen LogP) is 4.70. The van der Waals surface area contributed by atoms with E-state index < -0.39 is 5.91 Å². The smallest absolute Gasteiger partial charge is 0.252 e. The van der Waals surface area contributed by atoms with Crippen molar-refractivity contribution in [1.29, 1.82) is 0 Å². The zero-order valence-corrected chi connectivity index (χ0v) is 17.2. The number of hydrogen-bond donors (Lipinski definition) is 1. The Kier molecular flexibility index (Phi) is 5.59. The molecule has 30 heavy (non-hydrogen) atoms. The standard InChI is InChI=1S/C23H21ClN2O4/c1-29-22-12-20-17(11-18(22)23(25)28)21(6-7-26-20)30-16-5-4-14(19(24)10-16)9-15(27)8-13-2-3-13/h4-7,10-13H,2-3,8-9H2,1H3,(H2,25,28). The number of ether oxygens (including phenoxy) is 2. The largest absolute Gasteiger partial charge is 0.496 e. The summed E-state index contributed by atoms with van der Waals surface area (Å²) in [5, 5.41) is 1.10. The second-order valence-electron chi connectivity index (χ2n) is 7.46. The van der Waals surface area contributed by atoms with Gasteiger partial charge in [0.25, 0.3) is 5.91 Å². The van der Waals surface area contributed by atoms with Gasteiger partial charge in [-0.2, -0.15) is 0 Å². The first kappa shape index (κ1) is 20.2. The Morgan fingerprint density at radius 1 is 1.17 bits per heavy atom. The number of Topliss-reactive ketones (excluding diaryl/α,β-unsaturated/α-hetero) is 1. The summed E-state index contributed by atoms with van der Waals surface area (Å²) in [5.41, 5.74) is 7.10. The quantitative estimate of drug-likeness (QED) is 0.565. The van der Waals surface area contributed by atoms with Gasteiger partial charge in [0.15, 0.2) is 0 Å². The van der Waals surface area contributed by atoms with Crippen LogP contribution in [0, 0.1) is 5.92 Å². The maximum atomic E-state index is 12.1. The fraction of sp³-hybridized carbons (Fsp3) is 0.261. The van der Waals surface area contributed by atoms with Crippen LogP contribution in [0.15, 0.2) is 42.6 Å². The second kappa shape index (κ2) is 8.32. The summed E-state index contributed by atoms with van der Waals surface area (Å²) in [6.45, 7) is 0. The minimum Gasteiger partial charge on any atom is -0.496 e. The van der Waals surface area contributed by atoms with E-state index in [1.807, 2.05) is 6.07 Å². The van der Waals surface area contributed by atoms with E-state index in [-0.39, 0.29) is 11.3 Å². The van der Waals surface area contributed by atoms with Crippen LogP contribution in [0.4, 0.5) is 0 Å². The Labute approximate surface area is 178 Å². The second-order valence-corrected chi connectivity index (χ2v) is 7.87. The van der Waals surface area contributed by atoms with Crippen LogP contribution in [0.5, 0.6) is 17.2 Å². The predicted molar refractivity (Wildman–Crippen MR) is 114 cm³/mol. The third-order valence-corrected chi connectivity index (χ3v) is 5.49. The molecule has 1 aromatic heterocycles. The number of amides is 1. The molecule has 1 fully saturated rings. The maximum absolute atomic E-state index is 12.1. The van der Waals surface area contributed by atoms with Gasteiger partial charge in [0.2, 0.25) is 0 Å². The molecular weight excluding hydrogens is 404 g/mol. The van der Waals surface area contributed by atoms with Gasteiger partial charge in [-0.05, 0) is 48.6 Å². The minimum atomic E-state index is -0.605. The van der Waals surface area contributed by atoms with Crippen molar-refractivity contribution in [2.45, 2.75) is 25.7 Å². The molecule has 7 heteroatoms. The number of rotatable bonds is 8. The summed E-state index contributed by atoms with van der Waals surface area (Å²) in [6, 6.07) is 10.2. The molecule has 1 aliphatic rings. The van der Waals surface area contributed by atoms with Crippen LogP contribution in [0.1, 0.15) is 35.2 Å². The highest BCUT2D eigenvalue weighted by Crippen LogP contribution is 2.35. The topological polar surface area (TPSA) is 91.5 Å². The number of nitrogens with two attached hydrogens (primary N) is 1. The average Bonchev–Trinajstić information content (AvgIpc) is 3.53. The van der Waals surface area contributed by atoms with E-state index in [4.69, 9.17) is 26.8 Å². The number of nitrogens with zero attached hydrogens (tertiary/aromatic N) is 1. The third-order valence-electron chi connectivity index (χ3n) is 5.14. The number of methoxy groups -OCH3 is 1. The monoisotopic (exact) mass is 424 g/mol. The highest BCUT2D eigenvalue weighted by molar-refractivity contribution is 6.31. The fourth-order valence-electron chi connectivity index (χ4n) is 3.39. The van der Waals surface area contributed by atoms with Crippen LogP contribution in [0.3, 0.4) is 0 Å². The van der Waals surface area contributed by atoms with Gasteiger partial charge >= 0.3 is 0 Å². The van der Waals surface area contributed by atoms with Gasteiger partial charge < -0.3 is 15.2 Å². The molecule has 6 nitrogen and oxygen atoms in total. The molecule has 154 valence electrons. The summed E-state index contributed by atoms with van der Waals surface area (Å²) in [5.74, 6) is 1.53. The maximum Gasteiger partial charge on any atom is 0.252 e. The van der Waals surface area contributed by atoms with Crippen LogP contribution < -0.4 is 15.2 Å². The SMILES string of the molecule is COc1cc2nccc(Oc3ccc(CC(=O)CC4CC4)c(Cl)c3)c2cc1C(N)=O. The molecule has 0 bridgehead atoms. The van der Waals surface area contributed by atoms with Crippen LogP contribution in [-0.4, -0.2) is 23.8 Å². The van der Waals surface area contributed by atoms with Crippen molar-refractivity contribution >= 4 is 34.2 Å². The van der Waals surface area contributed by atoms with Gasteiger partial charge in [0, 0.05) is 35.5 Å². The lowest BCUT2D eigenvalue weighted by atomic mass is 10.0. The molecule has 2 N–H and O–H groups in total. The summed E-state index contributed by atoms with van der Waals surface area (Å²) in [4.78, 5) is 28.2. The van der Waals surface area contributed by atoms with E-state index >= 15 is 0 Å². The molecule has 4 rings (SSSR count). The Bertz CT molecular complexity index is 1140. The van der Waals surface area contributed by atoms with Crippen LogP contribution in [0.2, 0.25) is 5.02 Å². The van der Waals surface area contributed by atoms with E-state index in [1.54, 1.807) is 36.5 Å². The van der Waals surface area contributed by atoms with Gasteiger partial charge in [-0.3, -0.25) is 14.6 Å². The van der Waals surface area contributed by atoms with Crippen molar-refractivity contribution in [3.63, 3.8) is 0 Å². The number of hydrogen-bond acceptors (Lipinski definition) is 5. The number of pyridine rings is 1. The van der Waals surface area contributed by atoms with E-state index in [2.05, 4.69) is 4.98 Å². The fourth-order valence-corrected chi connectivity index (χ4v) is 3.63. The van der Waals surface area contributed by atoms with E-state index in [9.17, 15) is 9.59 Å². The summed E-state index contributed by atoms with van der Waals surface area (Å²) >= 11 is 6.39. The van der Waals surface area contributed by atoms with Gasteiger partial charge in [-0.15, -0.1) is 0 Å². The highest BCUT2D eigenvalue weighted by Gasteiger charge is 2.24. The first-order valence-electron chi connectivity index (χ1n) is 9.69. The average molecular weight is 425 g/mol. The number of aromatic nitrogens is 1. The first-order valence-corrected chi connectivity index (χ1v) is 10.1. The zero-order valence-electron chi connectivity index (χ0n) is 16.5. The zero-order chi connectivity index (χ0) is 21.3. The van der Waals surface area contributed by atoms with Crippen molar-refractivity contribution in [2.24, 2.45) is 11.7 Å². The highest BCUT2D eigenvalue weighted by atomic mass is 35.5. The number of carbonyl (C=O) groups excluding carboxylic acids is 2. The molecule has 0 atom stereocenters.